The summed E-state index contributed by atoms with van der Waals surface area (Å²) in [5.74, 6) is -0.0162. The molecule has 0 unspecified atom stereocenters. The lowest BCUT2D eigenvalue weighted by Gasteiger charge is -2.26. The molecule has 0 spiro atoms. The third-order valence-corrected chi connectivity index (χ3v) is 3.59. The van der Waals surface area contributed by atoms with E-state index in [1.165, 1.54) is 0 Å². The Morgan fingerprint density at radius 2 is 1.81 bits per heavy atom. The fourth-order valence-electron chi connectivity index (χ4n) is 2.20. The summed E-state index contributed by atoms with van der Waals surface area (Å²) in [6.45, 7) is 7.92. The predicted octanol–water partition coefficient (Wildman–Crippen LogP) is 2.27. The number of hydrogen-bond donors (Lipinski definition) is 2. The molecule has 0 aliphatic heterocycles. The minimum atomic E-state index is -0.388. The molecule has 2 amide bonds. The van der Waals surface area contributed by atoms with E-state index in [-0.39, 0.29) is 17.4 Å². The van der Waals surface area contributed by atoms with E-state index >= 15 is 0 Å². The maximum Gasteiger partial charge on any atom is 0.224 e. The van der Waals surface area contributed by atoms with Gasteiger partial charge < -0.3 is 10.6 Å². The van der Waals surface area contributed by atoms with Crippen LogP contribution in [0.2, 0.25) is 0 Å². The smallest absolute Gasteiger partial charge is 0.224 e. The Morgan fingerprint density at radius 1 is 1.14 bits per heavy atom. The van der Waals surface area contributed by atoms with Crippen LogP contribution in [0.15, 0.2) is 18.2 Å². The summed E-state index contributed by atoms with van der Waals surface area (Å²) in [6, 6.07) is 6.13. The zero-order valence-electron chi connectivity index (χ0n) is 13.7. The summed E-state index contributed by atoms with van der Waals surface area (Å²) in [6.07, 6.45) is 1.40. The molecule has 0 aliphatic carbocycles. The fourth-order valence-corrected chi connectivity index (χ4v) is 2.20. The van der Waals surface area contributed by atoms with Gasteiger partial charge in [0.1, 0.15) is 0 Å². The summed E-state index contributed by atoms with van der Waals surface area (Å²) < 4.78 is 0. The monoisotopic (exact) mass is 290 g/mol. The molecule has 0 bridgehead atoms. The molecule has 21 heavy (non-hydrogen) atoms. The Kier molecular flexibility index (Phi) is 5.94. The van der Waals surface area contributed by atoms with Gasteiger partial charge in [-0.2, -0.15) is 0 Å². The molecule has 0 saturated heterocycles. The molecule has 0 aromatic heterocycles. The number of benzene rings is 1. The molecular formula is C17H26N2O2. The zero-order valence-corrected chi connectivity index (χ0v) is 13.7. The Morgan fingerprint density at radius 3 is 2.43 bits per heavy atom. The summed E-state index contributed by atoms with van der Waals surface area (Å²) in [4.78, 5) is 23.5. The lowest BCUT2D eigenvalue weighted by molar-refractivity contribution is -0.124. The zero-order chi connectivity index (χ0) is 16.0. The Balaban J connectivity index is 2.59. The van der Waals surface area contributed by atoms with E-state index in [9.17, 15) is 9.59 Å². The van der Waals surface area contributed by atoms with Crippen LogP contribution in [0.5, 0.6) is 0 Å². The normalized spacial score (nSPS) is 11.1. The maximum absolute atomic E-state index is 12.2. The fraction of sp³-hybridized carbons (Fsp3) is 0.529. The highest BCUT2D eigenvalue weighted by Crippen LogP contribution is 2.14. The van der Waals surface area contributed by atoms with Crippen molar-refractivity contribution in [2.75, 3.05) is 7.05 Å². The van der Waals surface area contributed by atoms with E-state index in [0.29, 0.717) is 19.3 Å². The van der Waals surface area contributed by atoms with Crippen LogP contribution in [0.4, 0.5) is 0 Å². The van der Waals surface area contributed by atoms with Crippen molar-refractivity contribution in [2.45, 2.75) is 52.5 Å². The molecule has 1 aromatic carbocycles. The van der Waals surface area contributed by atoms with Gasteiger partial charge in [0.2, 0.25) is 11.8 Å². The van der Waals surface area contributed by atoms with Crippen molar-refractivity contribution in [1.29, 1.82) is 0 Å². The molecule has 1 rings (SSSR count). The lowest BCUT2D eigenvalue weighted by Crippen LogP contribution is -2.44. The minimum absolute atomic E-state index is 0.00754. The topological polar surface area (TPSA) is 58.2 Å². The molecule has 4 nitrogen and oxygen atoms in total. The van der Waals surface area contributed by atoms with Gasteiger partial charge in [-0.1, -0.05) is 23.8 Å². The Bertz CT molecular complexity index is 522. The molecule has 0 aliphatic rings. The highest BCUT2D eigenvalue weighted by atomic mass is 16.2. The standard InChI is InChI=1S/C17H26N2O2/c1-12-6-7-13(2)14(10-12)11-16(21)19-17(3,4)9-8-15(20)18-5/h6-7,10H,8-9,11H2,1-5H3,(H,18,20)(H,19,21). The van der Waals surface area contributed by atoms with Crippen molar-refractivity contribution < 1.29 is 9.59 Å². The first-order valence-electron chi connectivity index (χ1n) is 7.31. The quantitative estimate of drug-likeness (QED) is 0.844. The van der Waals surface area contributed by atoms with Crippen molar-refractivity contribution in [3.63, 3.8) is 0 Å². The molecular weight excluding hydrogens is 264 g/mol. The Hall–Kier alpha value is -1.84. The molecule has 116 valence electrons. The SMILES string of the molecule is CNC(=O)CCC(C)(C)NC(=O)Cc1cc(C)ccc1C. The molecule has 4 heteroatoms. The van der Waals surface area contributed by atoms with Gasteiger partial charge in [0.25, 0.3) is 0 Å². The van der Waals surface area contributed by atoms with E-state index in [0.717, 1.165) is 16.7 Å². The van der Waals surface area contributed by atoms with Crippen LogP contribution in [-0.4, -0.2) is 24.4 Å². The van der Waals surface area contributed by atoms with Crippen LogP contribution in [0.25, 0.3) is 0 Å². The average Bonchev–Trinajstić information content (AvgIpc) is 2.39. The summed E-state index contributed by atoms with van der Waals surface area (Å²) in [5.41, 5.74) is 2.94. The maximum atomic E-state index is 12.2. The number of carbonyl (C=O) groups excluding carboxylic acids is 2. The van der Waals surface area contributed by atoms with Crippen LogP contribution >= 0.6 is 0 Å². The molecule has 0 radical (unpaired) electrons. The summed E-state index contributed by atoms with van der Waals surface area (Å²) >= 11 is 0. The van der Waals surface area contributed by atoms with Crippen molar-refractivity contribution >= 4 is 11.8 Å². The van der Waals surface area contributed by atoms with Crippen molar-refractivity contribution in [2.24, 2.45) is 0 Å². The first-order valence-corrected chi connectivity index (χ1v) is 7.31. The lowest BCUT2D eigenvalue weighted by atomic mass is 9.96. The molecule has 0 saturated carbocycles. The van der Waals surface area contributed by atoms with E-state index < -0.39 is 0 Å². The molecule has 0 heterocycles. The van der Waals surface area contributed by atoms with Gasteiger partial charge in [-0.05, 0) is 45.2 Å². The number of amides is 2. The van der Waals surface area contributed by atoms with Gasteiger partial charge in [0, 0.05) is 19.0 Å². The molecule has 1 aromatic rings. The third kappa shape index (κ3) is 5.98. The summed E-state index contributed by atoms with van der Waals surface area (Å²) in [7, 11) is 1.62. The highest BCUT2D eigenvalue weighted by Gasteiger charge is 2.21. The number of nitrogens with one attached hydrogen (secondary N) is 2. The van der Waals surface area contributed by atoms with Gasteiger partial charge in [-0.15, -0.1) is 0 Å². The van der Waals surface area contributed by atoms with Crippen molar-refractivity contribution in [1.82, 2.24) is 10.6 Å². The number of aryl methyl sites for hydroxylation is 2. The number of rotatable bonds is 6. The second kappa shape index (κ2) is 7.25. The first kappa shape index (κ1) is 17.2. The van der Waals surface area contributed by atoms with Crippen LogP contribution < -0.4 is 10.6 Å². The third-order valence-electron chi connectivity index (χ3n) is 3.59. The van der Waals surface area contributed by atoms with Crippen LogP contribution in [0, 0.1) is 13.8 Å². The van der Waals surface area contributed by atoms with Crippen LogP contribution in [0.3, 0.4) is 0 Å². The van der Waals surface area contributed by atoms with Gasteiger partial charge in [-0.25, -0.2) is 0 Å². The highest BCUT2D eigenvalue weighted by molar-refractivity contribution is 5.80. The molecule has 0 fully saturated rings. The number of hydrogen-bond acceptors (Lipinski definition) is 2. The molecule has 0 atom stereocenters. The van der Waals surface area contributed by atoms with E-state index in [1.807, 2.05) is 45.9 Å². The number of carbonyl (C=O) groups is 2. The average molecular weight is 290 g/mol. The van der Waals surface area contributed by atoms with E-state index in [4.69, 9.17) is 0 Å². The van der Waals surface area contributed by atoms with E-state index in [2.05, 4.69) is 10.6 Å². The van der Waals surface area contributed by atoms with Gasteiger partial charge in [0.05, 0.1) is 6.42 Å². The molecule has 2 N–H and O–H groups in total. The van der Waals surface area contributed by atoms with Gasteiger partial charge in [-0.3, -0.25) is 9.59 Å². The van der Waals surface area contributed by atoms with Crippen LogP contribution in [0.1, 0.15) is 43.4 Å². The predicted molar refractivity (Wildman–Crippen MR) is 85.1 cm³/mol. The summed E-state index contributed by atoms with van der Waals surface area (Å²) in [5, 5.41) is 5.60. The van der Waals surface area contributed by atoms with E-state index in [1.54, 1.807) is 7.05 Å². The second-order valence-corrected chi connectivity index (χ2v) is 6.21. The van der Waals surface area contributed by atoms with Gasteiger partial charge in [0.15, 0.2) is 0 Å². The second-order valence-electron chi connectivity index (χ2n) is 6.21. The van der Waals surface area contributed by atoms with Crippen LogP contribution in [-0.2, 0) is 16.0 Å². The van der Waals surface area contributed by atoms with Crippen molar-refractivity contribution in [3.05, 3.63) is 34.9 Å². The van der Waals surface area contributed by atoms with Crippen molar-refractivity contribution in [3.8, 4) is 0 Å². The minimum Gasteiger partial charge on any atom is -0.359 e. The first-order chi connectivity index (χ1) is 9.73. The van der Waals surface area contributed by atoms with Gasteiger partial charge >= 0.3 is 0 Å². The largest absolute Gasteiger partial charge is 0.359 e. The Labute approximate surface area is 127 Å².